The lowest BCUT2D eigenvalue weighted by Gasteiger charge is -1.93. The maximum absolute atomic E-state index is 9.96. The van der Waals surface area contributed by atoms with Crippen molar-refractivity contribution >= 4 is 22.4 Å². The minimum atomic E-state index is -1.17. The van der Waals surface area contributed by atoms with Crippen LogP contribution >= 0.6 is 11.3 Å². The van der Waals surface area contributed by atoms with Gasteiger partial charge in [0.05, 0.1) is 0 Å². The van der Waals surface area contributed by atoms with Crippen LogP contribution in [0.25, 0.3) is 0 Å². The van der Waals surface area contributed by atoms with Gasteiger partial charge >= 0.3 is 0 Å². The second-order valence-electron chi connectivity index (χ2n) is 1.58. The van der Waals surface area contributed by atoms with Gasteiger partial charge in [0, 0.05) is 12.4 Å². The SMILES string of the molecule is Nc1nnc(CC(=O)[O-])s1. The van der Waals surface area contributed by atoms with Crippen LogP contribution in [-0.4, -0.2) is 16.2 Å². The Labute approximate surface area is 60.5 Å². The molecule has 5 nitrogen and oxygen atoms in total. The van der Waals surface area contributed by atoms with Crippen LogP contribution in [0.5, 0.6) is 0 Å². The largest absolute Gasteiger partial charge is 0.550 e. The number of aromatic nitrogens is 2. The zero-order valence-corrected chi connectivity index (χ0v) is 5.72. The number of carbonyl (C=O) groups excluding carboxylic acids is 1. The van der Waals surface area contributed by atoms with Crippen molar-refractivity contribution in [3.05, 3.63) is 5.01 Å². The van der Waals surface area contributed by atoms with Crippen molar-refractivity contribution in [2.24, 2.45) is 0 Å². The van der Waals surface area contributed by atoms with Crippen molar-refractivity contribution in [2.45, 2.75) is 6.42 Å². The van der Waals surface area contributed by atoms with E-state index in [0.29, 0.717) is 5.01 Å². The Hall–Kier alpha value is -1.17. The molecule has 0 aliphatic heterocycles. The second kappa shape index (κ2) is 2.61. The molecule has 1 aromatic heterocycles. The lowest BCUT2D eigenvalue weighted by Crippen LogP contribution is -2.24. The van der Waals surface area contributed by atoms with Gasteiger partial charge in [0.15, 0.2) is 0 Å². The van der Waals surface area contributed by atoms with Crippen molar-refractivity contribution in [2.75, 3.05) is 5.73 Å². The molecular formula is C4H4N3O2S-. The van der Waals surface area contributed by atoms with Crippen LogP contribution in [0.3, 0.4) is 0 Å². The number of nitrogen functional groups attached to an aromatic ring is 1. The number of anilines is 1. The molecule has 0 unspecified atom stereocenters. The number of hydrogen-bond acceptors (Lipinski definition) is 6. The number of nitrogens with zero attached hydrogens (tertiary/aromatic N) is 2. The number of carboxylic acids is 1. The predicted octanol–water partition coefficient (Wildman–Crippen LogP) is -1.59. The van der Waals surface area contributed by atoms with E-state index in [4.69, 9.17) is 5.73 Å². The third-order valence-electron chi connectivity index (χ3n) is 0.778. The summed E-state index contributed by atoms with van der Waals surface area (Å²) in [4.78, 5) is 9.96. The van der Waals surface area contributed by atoms with Gasteiger partial charge in [0.25, 0.3) is 0 Å². The summed E-state index contributed by atoms with van der Waals surface area (Å²) >= 11 is 1.05. The Balaban J connectivity index is 2.67. The van der Waals surface area contributed by atoms with E-state index in [2.05, 4.69) is 10.2 Å². The van der Waals surface area contributed by atoms with Gasteiger partial charge in [-0.05, 0) is 0 Å². The smallest absolute Gasteiger partial charge is 0.203 e. The molecule has 1 rings (SSSR count). The first kappa shape index (κ1) is 6.94. The van der Waals surface area contributed by atoms with E-state index in [-0.39, 0.29) is 11.6 Å². The number of rotatable bonds is 2. The van der Waals surface area contributed by atoms with Crippen molar-refractivity contribution in [3.63, 3.8) is 0 Å². The van der Waals surface area contributed by atoms with Crippen molar-refractivity contribution in [3.8, 4) is 0 Å². The summed E-state index contributed by atoms with van der Waals surface area (Å²) in [6.07, 6.45) is -0.213. The normalized spacial score (nSPS) is 9.60. The Morgan fingerprint density at radius 2 is 2.40 bits per heavy atom. The molecule has 0 saturated heterocycles. The molecule has 0 radical (unpaired) electrons. The van der Waals surface area contributed by atoms with Crippen LogP contribution in [0.4, 0.5) is 5.13 Å². The standard InChI is InChI=1S/C4H5N3O2S/c5-4-7-6-2(10-4)1-3(8)9/h1H2,(H2,5,7)(H,8,9)/p-1. The summed E-state index contributed by atoms with van der Waals surface area (Å²) in [5.74, 6) is -1.17. The van der Waals surface area contributed by atoms with Gasteiger partial charge in [-0.15, -0.1) is 10.2 Å². The minimum absolute atomic E-state index is 0.213. The van der Waals surface area contributed by atoms with Gasteiger partial charge in [0.1, 0.15) is 5.01 Å². The van der Waals surface area contributed by atoms with Gasteiger partial charge in [-0.25, -0.2) is 0 Å². The molecule has 0 amide bonds. The van der Waals surface area contributed by atoms with Crippen LogP contribution in [0, 0.1) is 0 Å². The van der Waals surface area contributed by atoms with Gasteiger partial charge in [-0.3, -0.25) is 0 Å². The van der Waals surface area contributed by atoms with Crippen LogP contribution in [0.15, 0.2) is 0 Å². The zero-order valence-electron chi connectivity index (χ0n) is 4.90. The van der Waals surface area contributed by atoms with E-state index >= 15 is 0 Å². The Bertz CT molecular complexity index is 246. The Morgan fingerprint density at radius 1 is 1.70 bits per heavy atom. The van der Waals surface area contributed by atoms with Crippen molar-refractivity contribution in [1.29, 1.82) is 0 Å². The predicted molar refractivity (Wildman–Crippen MR) is 33.0 cm³/mol. The molecule has 0 fully saturated rings. The Kier molecular flexibility index (Phi) is 1.81. The molecule has 0 aliphatic carbocycles. The second-order valence-corrected chi connectivity index (χ2v) is 2.68. The van der Waals surface area contributed by atoms with E-state index in [0.717, 1.165) is 11.3 Å². The topological polar surface area (TPSA) is 91.9 Å². The van der Waals surface area contributed by atoms with E-state index in [1.807, 2.05) is 0 Å². The molecule has 54 valence electrons. The van der Waals surface area contributed by atoms with Crippen LogP contribution in [0.2, 0.25) is 0 Å². The first-order chi connectivity index (χ1) is 4.68. The van der Waals surface area contributed by atoms with E-state index < -0.39 is 5.97 Å². The first-order valence-electron chi connectivity index (χ1n) is 2.46. The van der Waals surface area contributed by atoms with Crippen molar-refractivity contribution < 1.29 is 9.90 Å². The molecule has 0 aromatic carbocycles. The molecule has 1 heterocycles. The third-order valence-corrected chi connectivity index (χ3v) is 1.53. The van der Waals surface area contributed by atoms with Gasteiger partial charge < -0.3 is 15.6 Å². The molecule has 0 saturated carbocycles. The zero-order chi connectivity index (χ0) is 7.56. The van der Waals surface area contributed by atoms with E-state index in [9.17, 15) is 9.90 Å². The summed E-state index contributed by atoms with van der Waals surface area (Å²) in [5, 5.41) is 17.5. The average Bonchev–Trinajstić information content (AvgIpc) is 2.13. The van der Waals surface area contributed by atoms with Gasteiger partial charge in [0.2, 0.25) is 5.13 Å². The molecule has 0 spiro atoms. The van der Waals surface area contributed by atoms with Crippen LogP contribution < -0.4 is 10.8 Å². The number of hydrogen-bond donors (Lipinski definition) is 1. The molecule has 1 aromatic rings. The monoisotopic (exact) mass is 158 g/mol. The fourth-order valence-electron chi connectivity index (χ4n) is 0.461. The maximum atomic E-state index is 9.96. The first-order valence-corrected chi connectivity index (χ1v) is 3.28. The molecule has 0 atom stereocenters. The van der Waals surface area contributed by atoms with Crippen molar-refractivity contribution in [1.82, 2.24) is 10.2 Å². The van der Waals surface area contributed by atoms with Gasteiger partial charge in [-0.2, -0.15) is 0 Å². The van der Waals surface area contributed by atoms with Crippen LogP contribution in [0.1, 0.15) is 5.01 Å². The van der Waals surface area contributed by atoms with Crippen LogP contribution in [-0.2, 0) is 11.2 Å². The summed E-state index contributed by atoms with van der Waals surface area (Å²) in [6.45, 7) is 0. The summed E-state index contributed by atoms with van der Waals surface area (Å²) in [5.41, 5.74) is 5.19. The molecule has 0 bridgehead atoms. The average molecular weight is 158 g/mol. The highest BCUT2D eigenvalue weighted by atomic mass is 32.1. The third kappa shape index (κ3) is 1.66. The highest BCUT2D eigenvalue weighted by Gasteiger charge is 1.99. The number of aliphatic carboxylic acids is 1. The summed E-state index contributed by atoms with van der Waals surface area (Å²) in [7, 11) is 0. The minimum Gasteiger partial charge on any atom is -0.550 e. The molecule has 2 N–H and O–H groups in total. The molecule has 6 heteroatoms. The number of carbonyl (C=O) groups is 1. The van der Waals surface area contributed by atoms with Gasteiger partial charge in [-0.1, -0.05) is 11.3 Å². The van der Waals surface area contributed by atoms with E-state index in [1.54, 1.807) is 0 Å². The molecule has 0 aliphatic rings. The maximum Gasteiger partial charge on any atom is 0.203 e. The fraction of sp³-hybridized carbons (Fsp3) is 0.250. The highest BCUT2D eigenvalue weighted by molar-refractivity contribution is 7.15. The number of nitrogens with two attached hydrogens (primary N) is 1. The lowest BCUT2D eigenvalue weighted by atomic mass is 10.5. The molecule has 10 heavy (non-hydrogen) atoms. The highest BCUT2D eigenvalue weighted by Crippen LogP contribution is 2.10. The number of carboxylic acid groups (broad SMARTS) is 1. The Morgan fingerprint density at radius 3 is 2.80 bits per heavy atom. The fourth-order valence-corrected chi connectivity index (χ4v) is 1.06. The molecular weight excluding hydrogens is 154 g/mol. The summed E-state index contributed by atoms with van der Waals surface area (Å²) in [6, 6.07) is 0. The lowest BCUT2D eigenvalue weighted by molar-refractivity contribution is -0.304. The van der Waals surface area contributed by atoms with E-state index in [1.165, 1.54) is 0 Å². The quantitative estimate of drug-likeness (QED) is 0.560. The summed E-state index contributed by atoms with van der Waals surface area (Å²) < 4.78 is 0.